The summed E-state index contributed by atoms with van der Waals surface area (Å²) in [7, 11) is 0. The minimum absolute atomic E-state index is 0.226. The Hall–Kier alpha value is -0.590. The molecule has 1 radical (unpaired) electrons. The van der Waals surface area contributed by atoms with Gasteiger partial charge < -0.3 is 0 Å². The Morgan fingerprint density at radius 1 is 1.88 bits per heavy atom. The number of carbonyl (C=O) groups is 1. The molecule has 43 valence electrons. The SMILES string of the molecule is CC1C[C]=CC(=O)C1. The normalized spacial score (nSPS) is 28.6. The summed E-state index contributed by atoms with van der Waals surface area (Å²) in [6, 6.07) is 0. The van der Waals surface area contributed by atoms with E-state index in [1.807, 2.05) is 0 Å². The van der Waals surface area contributed by atoms with Crippen molar-refractivity contribution in [1.82, 2.24) is 0 Å². The molecular formula is C7H9O. The predicted molar refractivity (Wildman–Crippen MR) is 31.2 cm³/mol. The lowest BCUT2D eigenvalue weighted by Crippen LogP contribution is -2.06. The molecule has 1 nitrogen and oxygen atoms in total. The number of hydrogen-bond acceptors (Lipinski definition) is 1. The molecule has 0 saturated carbocycles. The van der Waals surface area contributed by atoms with E-state index in [2.05, 4.69) is 13.0 Å². The lowest BCUT2D eigenvalue weighted by Gasteiger charge is -2.08. The fourth-order valence-corrected chi connectivity index (χ4v) is 0.848. The Bertz CT molecular complexity index is 124. The Balaban J connectivity index is 2.54. The van der Waals surface area contributed by atoms with E-state index < -0.39 is 0 Å². The molecule has 1 aliphatic rings. The second kappa shape index (κ2) is 2.12. The highest BCUT2D eigenvalue weighted by Crippen LogP contribution is 2.12. The maximum Gasteiger partial charge on any atom is 0.156 e. The van der Waals surface area contributed by atoms with Crippen LogP contribution in [-0.2, 0) is 4.79 Å². The molecule has 1 unspecified atom stereocenters. The van der Waals surface area contributed by atoms with E-state index in [0.29, 0.717) is 12.3 Å². The predicted octanol–water partition coefficient (Wildman–Crippen LogP) is 1.34. The highest BCUT2D eigenvalue weighted by atomic mass is 16.1. The van der Waals surface area contributed by atoms with Crippen LogP contribution in [0.1, 0.15) is 19.8 Å². The van der Waals surface area contributed by atoms with Crippen LogP contribution in [0.3, 0.4) is 0 Å². The van der Waals surface area contributed by atoms with Crippen LogP contribution < -0.4 is 0 Å². The van der Waals surface area contributed by atoms with Crippen LogP contribution in [0.5, 0.6) is 0 Å². The number of ketones is 1. The van der Waals surface area contributed by atoms with Crippen molar-refractivity contribution in [3.63, 3.8) is 0 Å². The van der Waals surface area contributed by atoms with Crippen LogP contribution in [0.4, 0.5) is 0 Å². The van der Waals surface area contributed by atoms with Gasteiger partial charge in [0.2, 0.25) is 0 Å². The van der Waals surface area contributed by atoms with Gasteiger partial charge in [0.15, 0.2) is 5.78 Å². The minimum Gasteiger partial charge on any atom is -0.295 e. The molecule has 0 saturated heterocycles. The Kier molecular flexibility index (Phi) is 1.47. The fraction of sp³-hybridized carbons (Fsp3) is 0.571. The monoisotopic (exact) mass is 109 g/mol. The summed E-state index contributed by atoms with van der Waals surface area (Å²) in [5, 5.41) is 0. The zero-order valence-electron chi connectivity index (χ0n) is 4.98. The average molecular weight is 109 g/mol. The third-order valence-electron chi connectivity index (χ3n) is 1.28. The topological polar surface area (TPSA) is 17.1 Å². The summed E-state index contributed by atoms with van der Waals surface area (Å²) >= 11 is 0. The molecule has 1 heteroatoms. The fourth-order valence-electron chi connectivity index (χ4n) is 0.848. The molecule has 0 aromatic heterocycles. The standard InChI is InChI=1S/C7H9O/c1-6-3-2-4-7(8)5-6/h4,6H,3,5H2,1H3. The van der Waals surface area contributed by atoms with Gasteiger partial charge >= 0.3 is 0 Å². The zero-order valence-corrected chi connectivity index (χ0v) is 4.98. The van der Waals surface area contributed by atoms with Gasteiger partial charge in [-0.25, -0.2) is 0 Å². The Labute approximate surface area is 49.4 Å². The van der Waals surface area contributed by atoms with Gasteiger partial charge in [-0.15, -0.1) is 0 Å². The molecule has 0 amide bonds. The Morgan fingerprint density at radius 2 is 2.62 bits per heavy atom. The number of allylic oxidation sites excluding steroid dienone is 2. The summed E-state index contributed by atoms with van der Waals surface area (Å²) in [5.74, 6) is 0.747. The quantitative estimate of drug-likeness (QED) is 0.459. The molecule has 0 spiro atoms. The second-order valence-electron chi connectivity index (χ2n) is 2.33. The summed E-state index contributed by atoms with van der Waals surface area (Å²) in [5.41, 5.74) is 0. The van der Waals surface area contributed by atoms with Gasteiger partial charge in [-0.1, -0.05) is 6.92 Å². The maximum atomic E-state index is 10.6. The van der Waals surface area contributed by atoms with E-state index in [1.165, 1.54) is 0 Å². The lowest BCUT2D eigenvalue weighted by molar-refractivity contribution is -0.115. The summed E-state index contributed by atoms with van der Waals surface area (Å²) in [6.07, 6.45) is 6.13. The number of hydrogen-bond donors (Lipinski definition) is 0. The van der Waals surface area contributed by atoms with Crippen LogP contribution in [0.15, 0.2) is 6.08 Å². The average Bonchev–Trinajstić information content (AvgIpc) is 1.64. The van der Waals surface area contributed by atoms with Crippen molar-refractivity contribution >= 4 is 5.78 Å². The molecule has 0 bridgehead atoms. The maximum absolute atomic E-state index is 10.6. The van der Waals surface area contributed by atoms with E-state index in [0.717, 1.165) is 6.42 Å². The van der Waals surface area contributed by atoms with Crippen LogP contribution in [0.2, 0.25) is 0 Å². The van der Waals surface area contributed by atoms with Crippen molar-refractivity contribution in [2.75, 3.05) is 0 Å². The highest BCUT2D eigenvalue weighted by molar-refractivity contribution is 5.89. The van der Waals surface area contributed by atoms with E-state index in [4.69, 9.17) is 0 Å². The van der Waals surface area contributed by atoms with Gasteiger partial charge in [-0.3, -0.25) is 4.79 Å². The smallest absolute Gasteiger partial charge is 0.156 e. The molecule has 0 N–H and O–H groups in total. The van der Waals surface area contributed by atoms with E-state index in [9.17, 15) is 4.79 Å². The van der Waals surface area contributed by atoms with Crippen molar-refractivity contribution in [2.45, 2.75) is 19.8 Å². The van der Waals surface area contributed by atoms with Crippen LogP contribution in [-0.4, -0.2) is 5.78 Å². The molecule has 8 heavy (non-hydrogen) atoms. The first-order valence-electron chi connectivity index (χ1n) is 2.88. The third-order valence-corrected chi connectivity index (χ3v) is 1.28. The van der Waals surface area contributed by atoms with Gasteiger partial charge in [0.25, 0.3) is 0 Å². The molecule has 0 aliphatic heterocycles. The van der Waals surface area contributed by atoms with E-state index in [1.54, 1.807) is 6.08 Å². The molecule has 1 rings (SSSR count). The van der Waals surface area contributed by atoms with Crippen molar-refractivity contribution in [2.24, 2.45) is 5.92 Å². The highest BCUT2D eigenvalue weighted by Gasteiger charge is 2.09. The largest absolute Gasteiger partial charge is 0.295 e. The number of rotatable bonds is 0. The van der Waals surface area contributed by atoms with Crippen molar-refractivity contribution in [3.05, 3.63) is 12.2 Å². The molecular weight excluding hydrogens is 100 g/mol. The minimum atomic E-state index is 0.226. The Morgan fingerprint density at radius 3 is 3.00 bits per heavy atom. The first kappa shape index (κ1) is 5.54. The first-order chi connectivity index (χ1) is 3.79. The molecule has 0 aromatic rings. The van der Waals surface area contributed by atoms with E-state index in [-0.39, 0.29) is 5.78 Å². The van der Waals surface area contributed by atoms with Gasteiger partial charge in [-0.2, -0.15) is 0 Å². The molecule has 1 aliphatic carbocycles. The lowest BCUT2D eigenvalue weighted by atomic mass is 9.96. The van der Waals surface area contributed by atoms with Crippen molar-refractivity contribution in [1.29, 1.82) is 0 Å². The molecule has 0 fully saturated rings. The van der Waals surface area contributed by atoms with Gasteiger partial charge in [0.05, 0.1) is 0 Å². The molecule has 0 heterocycles. The van der Waals surface area contributed by atoms with Crippen LogP contribution in [0.25, 0.3) is 0 Å². The van der Waals surface area contributed by atoms with Crippen LogP contribution in [0, 0.1) is 12.0 Å². The van der Waals surface area contributed by atoms with Crippen LogP contribution >= 0.6 is 0 Å². The third kappa shape index (κ3) is 1.19. The van der Waals surface area contributed by atoms with E-state index >= 15 is 0 Å². The molecule has 0 aromatic carbocycles. The van der Waals surface area contributed by atoms with Crippen molar-refractivity contribution in [3.8, 4) is 0 Å². The summed E-state index contributed by atoms with van der Waals surface area (Å²) in [6.45, 7) is 2.07. The first-order valence-corrected chi connectivity index (χ1v) is 2.88. The summed E-state index contributed by atoms with van der Waals surface area (Å²) < 4.78 is 0. The van der Waals surface area contributed by atoms with Gasteiger partial charge in [0, 0.05) is 6.42 Å². The number of carbonyl (C=O) groups excluding carboxylic acids is 1. The zero-order chi connectivity index (χ0) is 5.98. The van der Waals surface area contributed by atoms with Crippen molar-refractivity contribution < 1.29 is 4.79 Å². The summed E-state index contributed by atoms with van der Waals surface area (Å²) in [4.78, 5) is 10.6. The second-order valence-corrected chi connectivity index (χ2v) is 2.33. The molecule has 1 atom stereocenters. The van der Waals surface area contributed by atoms with Gasteiger partial charge in [-0.05, 0) is 24.5 Å². The van der Waals surface area contributed by atoms with Gasteiger partial charge in [0.1, 0.15) is 0 Å².